The van der Waals surface area contributed by atoms with Gasteiger partial charge in [-0.1, -0.05) is 30.3 Å². The summed E-state index contributed by atoms with van der Waals surface area (Å²) in [6.45, 7) is 3.00. The number of urea groups is 1. The first-order chi connectivity index (χ1) is 11.4. The first kappa shape index (κ1) is 17.1. The molecule has 0 unspecified atom stereocenters. The van der Waals surface area contributed by atoms with Crippen molar-refractivity contribution in [1.82, 2.24) is 20.4 Å². The second-order valence-corrected chi connectivity index (χ2v) is 5.15. The number of nitrogens with zero attached hydrogens (tertiary/aromatic N) is 3. The van der Waals surface area contributed by atoms with Crippen LogP contribution in [-0.4, -0.2) is 26.6 Å². The predicted molar refractivity (Wildman–Crippen MR) is 85.2 cm³/mol. The molecule has 1 aromatic heterocycles. The van der Waals surface area contributed by atoms with E-state index >= 15 is 0 Å². The van der Waals surface area contributed by atoms with Crippen LogP contribution in [0.15, 0.2) is 30.3 Å². The van der Waals surface area contributed by atoms with Crippen LogP contribution in [0.1, 0.15) is 17.0 Å². The minimum Gasteiger partial charge on any atom is -0.334 e. The predicted octanol–water partition coefficient (Wildman–Crippen LogP) is 1.43. The van der Waals surface area contributed by atoms with E-state index in [0.717, 1.165) is 5.56 Å². The Balaban J connectivity index is 1.90. The molecule has 0 radical (unpaired) electrons. The van der Waals surface area contributed by atoms with Crippen LogP contribution in [0, 0.1) is 24.0 Å². The van der Waals surface area contributed by atoms with Crippen LogP contribution in [0.3, 0.4) is 0 Å². The van der Waals surface area contributed by atoms with Gasteiger partial charge in [0.2, 0.25) is 5.91 Å². The quantitative estimate of drug-likeness (QED) is 0.634. The molecule has 1 aromatic carbocycles. The van der Waals surface area contributed by atoms with Gasteiger partial charge in [0.05, 0.1) is 4.92 Å². The smallest absolute Gasteiger partial charge is 0.321 e. The summed E-state index contributed by atoms with van der Waals surface area (Å²) >= 11 is 0. The molecule has 0 spiro atoms. The molecular formula is C15H17N5O4. The number of hydrogen-bond donors (Lipinski definition) is 2. The number of aryl methyl sites for hydroxylation is 1. The van der Waals surface area contributed by atoms with Crippen molar-refractivity contribution in [1.29, 1.82) is 0 Å². The van der Waals surface area contributed by atoms with Crippen molar-refractivity contribution in [2.75, 3.05) is 0 Å². The van der Waals surface area contributed by atoms with E-state index in [1.54, 1.807) is 0 Å². The molecular weight excluding hydrogens is 314 g/mol. The van der Waals surface area contributed by atoms with E-state index < -0.39 is 16.9 Å². The highest BCUT2D eigenvalue weighted by Crippen LogP contribution is 2.21. The number of rotatable bonds is 5. The maximum Gasteiger partial charge on any atom is 0.321 e. The van der Waals surface area contributed by atoms with E-state index in [2.05, 4.69) is 15.7 Å². The highest BCUT2D eigenvalue weighted by atomic mass is 16.6. The average molecular weight is 331 g/mol. The fourth-order valence-electron chi connectivity index (χ4n) is 2.23. The zero-order chi connectivity index (χ0) is 17.7. The number of benzene rings is 1. The van der Waals surface area contributed by atoms with Crippen molar-refractivity contribution in [2.45, 2.75) is 26.9 Å². The third-order valence-corrected chi connectivity index (χ3v) is 3.37. The van der Waals surface area contributed by atoms with Gasteiger partial charge in [0.15, 0.2) is 0 Å². The molecule has 0 aliphatic carbocycles. The molecule has 126 valence electrons. The Morgan fingerprint density at radius 1 is 1.25 bits per heavy atom. The number of hydrogen-bond acceptors (Lipinski definition) is 5. The van der Waals surface area contributed by atoms with Gasteiger partial charge in [0, 0.05) is 6.54 Å². The van der Waals surface area contributed by atoms with Gasteiger partial charge in [-0.3, -0.25) is 24.9 Å². The molecule has 9 heteroatoms. The second kappa shape index (κ2) is 7.36. The minimum atomic E-state index is -0.639. The fraction of sp³-hybridized carbons (Fsp3) is 0.267. The first-order valence-electron chi connectivity index (χ1n) is 7.18. The number of carbonyl (C=O) groups excluding carboxylic acids is 2. The lowest BCUT2D eigenvalue weighted by Gasteiger charge is -2.07. The highest BCUT2D eigenvalue weighted by Gasteiger charge is 2.23. The summed E-state index contributed by atoms with van der Waals surface area (Å²) in [5.74, 6) is -0.610. The lowest BCUT2D eigenvalue weighted by Crippen LogP contribution is -2.40. The molecule has 2 rings (SSSR count). The van der Waals surface area contributed by atoms with E-state index in [4.69, 9.17) is 0 Å². The summed E-state index contributed by atoms with van der Waals surface area (Å²) in [6.07, 6.45) is 0. The van der Waals surface area contributed by atoms with Gasteiger partial charge < -0.3 is 5.32 Å². The van der Waals surface area contributed by atoms with Crippen LogP contribution in [-0.2, 0) is 17.9 Å². The Hall–Kier alpha value is -3.23. The van der Waals surface area contributed by atoms with Crippen molar-refractivity contribution in [3.63, 3.8) is 0 Å². The maximum absolute atomic E-state index is 11.9. The lowest BCUT2D eigenvalue weighted by molar-refractivity contribution is -0.386. The molecule has 0 aliphatic heterocycles. The zero-order valence-corrected chi connectivity index (χ0v) is 13.3. The molecule has 1 heterocycles. The van der Waals surface area contributed by atoms with E-state index in [9.17, 15) is 19.7 Å². The maximum atomic E-state index is 11.9. The Labute approximate surface area is 137 Å². The third-order valence-electron chi connectivity index (χ3n) is 3.37. The summed E-state index contributed by atoms with van der Waals surface area (Å²) < 4.78 is 1.20. The average Bonchev–Trinajstić information content (AvgIpc) is 2.80. The normalized spacial score (nSPS) is 10.2. The number of nitrogens with one attached hydrogen (secondary N) is 2. The van der Waals surface area contributed by atoms with Gasteiger partial charge in [-0.05, 0) is 19.4 Å². The summed E-state index contributed by atoms with van der Waals surface area (Å²) in [5.41, 5.74) is 1.25. The number of aromatic nitrogens is 2. The third kappa shape index (κ3) is 4.15. The number of nitro groups is 1. The first-order valence-corrected chi connectivity index (χ1v) is 7.18. The van der Waals surface area contributed by atoms with Crippen LogP contribution in [0.2, 0.25) is 0 Å². The highest BCUT2D eigenvalue weighted by molar-refractivity contribution is 5.94. The molecule has 2 N–H and O–H groups in total. The minimum absolute atomic E-state index is 0.128. The lowest BCUT2D eigenvalue weighted by atomic mass is 10.2. The van der Waals surface area contributed by atoms with Crippen molar-refractivity contribution in [3.8, 4) is 0 Å². The molecule has 0 saturated heterocycles. The van der Waals surface area contributed by atoms with Crippen molar-refractivity contribution in [2.24, 2.45) is 0 Å². The van der Waals surface area contributed by atoms with Crippen LogP contribution in [0.5, 0.6) is 0 Å². The SMILES string of the molecule is Cc1nn(CC(=O)NC(=O)NCc2ccccc2)c(C)c1[N+](=O)[O-]. The second-order valence-electron chi connectivity index (χ2n) is 5.15. The Morgan fingerprint density at radius 2 is 1.92 bits per heavy atom. The van der Waals surface area contributed by atoms with Gasteiger partial charge >= 0.3 is 11.7 Å². The monoisotopic (exact) mass is 331 g/mol. The van der Waals surface area contributed by atoms with Gasteiger partial charge in [-0.2, -0.15) is 5.10 Å². The molecule has 0 bridgehead atoms. The number of amides is 3. The van der Waals surface area contributed by atoms with Crippen LogP contribution >= 0.6 is 0 Å². The standard InChI is InChI=1S/C15H17N5O4/c1-10-14(20(23)24)11(2)19(18-10)9-13(21)17-15(22)16-8-12-6-4-3-5-7-12/h3-7H,8-9H2,1-2H3,(H2,16,17,21,22). The van der Waals surface area contributed by atoms with Gasteiger partial charge in [0.1, 0.15) is 17.9 Å². The van der Waals surface area contributed by atoms with Gasteiger partial charge in [0.25, 0.3) is 0 Å². The van der Waals surface area contributed by atoms with E-state index in [0.29, 0.717) is 0 Å². The topological polar surface area (TPSA) is 119 Å². The van der Waals surface area contributed by atoms with E-state index in [1.807, 2.05) is 30.3 Å². The van der Waals surface area contributed by atoms with Crippen molar-refractivity contribution < 1.29 is 14.5 Å². The Bertz CT molecular complexity index is 770. The Morgan fingerprint density at radius 3 is 2.50 bits per heavy atom. The van der Waals surface area contributed by atoms with Crippen LogP contribution < -0.4 is 10.6 Å². The molecule has 9 nitrogen and oxygen atoms in total. The summed E-state index contributed by atoms with van der Waals surface area (Å²) in [6, 6.07) is 8.60. The van der Waals surface area contributed by atoms with E-state index in [1.165, 1.54) is 18.5 Å². The molecule has 0 saturated carbocycles. The van der Waals surface area contributed by atoms with Crippen molar-refractivity contribution in [3.05, 3.63) is 57.4 Å². The molecule has 0 fully saturated rings. The largest absolute Gasteiger partial charge is 0.334 e. The van der Waals surface area contributed by atoms with Crippen LogP contribution in [0.4, 0.5) is 10.5 Å². The number of carbonyl (C=O) groups is 2. The van der Waals surface area contributed by atoms with Crippen molar-refractivity contribution >= 4 is 17.6 Å². The summed E-state index contributed by atoms with van der Waals surface area (Å²) in [7, 11) is 0. The number of imide groups is 1. The summed E-state index contributed by atoms with van der Waals surface area (Å²) in [4.78, 5) is 34.0. The van der Waals surface area contributed by atoms with Crippen LogP contribution in [0.25, 0.3) is 0 Å². The molecule has 24 heavy (non-hydrogen) atoms. The molecule has 2 aromatic rings. The fourth-order valence-corrected chi connectivity index (χ4v) is 2.23. The Kier molecular flexibility index (Phi) is 5.25. The molecule has 0 atom stereocenters. The zero-order valence-electron chi connectivity index (χ0n) is 13.3. The molecule has 0 aliphatic rings. The van der Waals surface area contributed by atoms with Gasteiger partial charge in [-0.25, -0.2) is 4.79 Å². The van der Waals surface area contributed by atoms with Gasteiger partial charge in [-0.15, -0.1) is 0 Å². The molecule has 3 amide bonds. The summed E-state index contributed by atoms with van der Waals surface area (Å²) in [5, 5.41) is 19.6. The van der Waals surface area contributed by atoms with E-state index in [-0.39, 0.29) is 30.2 Å².